The smallest absolute Gasteiger partial charge is 0.251 e. The largest absolute Gasteiger partial charge is 0.383 e. The first-order valence-electron chi connectivity index (χ1n) is 12.2. The number of nitrogen functional groups attached to an aromatic ring is 1. The molecular weight excluding hydrogens is 462 g/mol. The molecule has 2 aliphatic heterocycles. The van der Waals surface area contributed by atoms with Crippen LogP contribution in [0.2, 0.25) is 0 Å². The first kappa shape index (κ1) is 24.3. The zero-order chi connectivity index (χ0) is 25.4. The van der Waals surface area contributed by atoms with E-state index in [1.807, 2.05) is 26.2 Å². The molecule has 6 nitrogen and oxygen atoms in total. The SMILES string of the molecule is CN(C)Cc1cc(-c2cc(-c3cc4c(cc3F)C(=O)NCC4)c(N)nc2F)ccc1C1CCOCC1. The van der Waals surface area contributed by atoms with Crippen molar-refractivity contribution in [1.29, 1.82) is 0 Å². The molecule has 0 saturated carbocycles. The van der Waals surface area contributed by atoms with Crippen molar-refractivity contribution >= 4 is 11.7 Å². The summed E-state index contributed by atoms with van der Waals surface area (Å²) in [5.74, 6) is -1.30. The maximum absolute atomic E-state index is 15.1. The van der Waals surface area contributed by atoms with Gasteiger partial charge >= 0.3 is 0 Å². The lowest BCUT2D eigenvalue weighted by molar-refractivity contribution is 0.0850. The van der Waals surface area contributed by atoms with E-state index >= 15 is 8.78 Å². The van der Waals surface area contributed by atoms with E-state index in [2.05, 4.69) is 21.3 Å². The third-order valence-corrected chi connectivity index (χ3v) is 7.01. The number of hydrogen-bond donors (Lipinski definition) is 2. The highest BCUT2D eigenvalue weighted by atomic mass is 19.1. The molecule has 0 atom stereocenters. The van der Waals surface area contributed by atoms with Crippen LogP contribution in [0.5, 0.6) is 0 Å². The van der Waals surface area contributed by atoms with Crippen LogP contribution in [0.1, 0.15) is 45.8 Å². The van der Waals surface area contributed by atoms with Crippen LogP contribution in [-0.2, 0) is 17.7 Å². The first-order valence-corrected chi connectivity index (χ1v) is 12.2. The number of ether oxygens (including phenoxy) is 1. The van der Waals surface area contributed by atoms with Crippen molar-refractivity contribution in [3.63, 3.8) is 0 Å². The van der Waals surface area contributed by atoms with Gasteiger partial charge in [-0.25, -0.2) is 9.37 Å². The van der Waals surface area contributed by atoms with Gasteiger partial charge in [-0.15, -0.1) is 0 Å². The fourth-order valence-electron chi connectivity index (χ4n) is 5.23. The van der Waals surface area contributed by atoms with Crippen LogP contribution >= 0.6 is 0 Å². The van der Waals surface area contributed by atoms with E-state index in [9.17, 15) is 4.79 Å². The van der Waals surface area contributed by atoms with Gasteiger partial charge in [-0.2, -0.15) is 4.39 Å². The number of carbonyl (C=O) groups excluding carboxylic acids is 1. The Kier molecular flexibility index (Phi) is 6.73. The summed E-state index contributed by atoms with van der Waals surface area (Å²) in [5.41, 5.74) is 10.9. The maximum Gasteiger partial charge on any atom is 0.251 e. The maximum atomic E-state index is 15.1. The predicted molar refractivity (Wildman–Crippen MR) is 136 cm³/mol. The highest BCUT2D eigenvalue weighted by Gasteiger charge is 2.24. The molecule has 0 radical (unpaired) electrons. The molecule has 0 bridgehead atoms. The topological polar surface area (TPSA) is 80.5 Å². The average molecular weight is 493 g/mol. The van der Waals surface area contributed by atoms with Crippen molar-refractivity contribution in [1.82, 2.24) is 15.2 Å². The molecule has 8 heteroatoms. The van der Waals surface area contributed by atoms with Crippen LogP contribution in [0.25, 0.3) is 22.3 Å². The van der Waals surface area contributed by atoms with E-state index in [-0.39, 0.29) is 22.9 Å². The van der Waals surface area contributed by atoms with Gasteiger partial charge in [0.2, 0.25) is 5.95 Å². The number of nitrogens with zero attached hydrogens (tertiary/aromatic N) is 2. The van der Waals surface area contributed by atoms with Gasteiger partial charge < -0.3 is 20.7 Å². The van der Waals surface area contributed by atoms with Gasteiger partial charge in [0.1, 0.15) is 11.6 Å². The molecule has 1 aromatic heterocycles. The second-order valence-electron chi connectivity index (χ2n) is 9.79. The number of nitrogens with two attached hydrogens (primary N) is 1. The Balaban J connectivity index is 1.59. The number of fused-ring (bicyclic) bond motifs is 1. The predicted octanol–water partition coefficient (Wildman–Crippen LogP) is 4.52. The second-order valence-corrected chi connectivity index (χ2v) is 9.79. The molecular formula is C28H30F2N4O2. The minimum atomic E-state index is -0.705. The van der Waals surface area contributed by atoms with Crippen molar-refractivity contribution in [2.24, 2.45) is 0 Å². The zero-order valence-corrected chi connectivity index (χ0v) is 20.5. The lowest BCUT2D eigenvalue weighted by atomic mass is 9.86. The molecule has 0 spiro atoms. The second kappa shape index (κ2) is 9.95. The van der Waals surface area contributed by atoms with Crippen molar-refractivity contribution in [2.45, 2.75) is 31.7 Å². The molecule has 1 amide bonds. The van der Waals surface area contributed by atoms with Crippen LogP contribution in [0.3, 0.4) is 0 Å². The van der Waals surface area contributed by atoms with Crippen LogP contribution in [0, 0.1) is 11.8 Å². The quantitative estimate of drug-likeness (QED) is 0.512. The van der Waals surface area contributed by atoms with Gasteiger partial charge in [-0.1, -0.05) is 12.1 Å². The molecule has 2 aliphatic rings. The number of amides is 1. The van der Waals surface area contributed by atoms with Crippen molar-refractivity contribution in [3.8, 4) is 22.3 Å². The van der Waals surface area contributed by atoms with E-state index in [4.69, 9.17) is 10.5 Å². The van der Waals surface area contributed by atoms with E-state index in [0.29, 0.717) is 42.1 Å². The number of anilines is 1. The molecule has 188 valence electrons. The van der Waals surface area contributed by atoms with Gasteiger partial charge in [-0.3, -0.25) is 4.79 Å². The highest BCUT2D eigenvalue weighted by molar-refractivity contribution is 5.97. The van der Waals surface area contributed by atoms with E-state index in [1.165, 1.54) is 11.6 Å². The summed E-state index contributed by atoms with van der Waals surface area (Å²) >= 11 is 0. The summed E-state index contributed by atoms with van der Waals surface area (Å²) in [6.45, 7) is 2.66. The Morgan fingerprint density at radius 2 is 1.83 bits per heavy atom. The van der Waals surface area contributed by atoms with E-state index in [0.717, 1.165) is 37.2 Å². The molecule has 3 aromatic rings. The van der Waals surface area contributed by atoms with Crippen molar-refractivity contribution in [2.75, 3.05) is 39.6 Å². The Morgan fingerprint density at radius 1 is 1.06 bits per heavy atom. The summed E-state index contributed by atoms with van der Waals surface area (Å²) in [4.78, 5) is 18.1. The summed E-state index contributed by atoms with van der Waals surface area (Å²) in [7, 11) is 4.01. The highest BCUT2D eigenvalue weighted by Crippen LogP contribution is 2.37. The van der Waals surface area contributed by atoms with Gasteiger partial charge in [-0.05, 0) is 85.8 Å². The van der Waals surface area contributed by atoms with Crippen molar-refractivity contribution < 1.29 is 18.3 Å². The van der Waals surface area contributed by atoms with Crippen molar-refractivity contribution in [3.05, 3.63) is 70.4 Å². The summed E-state index contributed by atoms with van der Waals surface area (Å²) in [6.07, 6.45) is 2.49. The van der Waals surface area contributed by atoms with Gasteiger partial charge in [0, 0.05) is 48.6 Å². The molecule has 1 fully saturated rings. The monoisotopic (exact) mass is 492 g/mol. The normalized spacial score (nSPS) is 16.2. The minimum absolute atomic E-state index is 0.0947. The van der Waals surface area contributed by atoms with Crippen LogP contribution in [-0.4, -0.2) is 49.6 Å². The Morgan fingerprint density at radius 3 is 2.58 bits per heavy atom. The zero-order valence-electron chi connectivity index (χ0n) is 20.5. The molecule has 0 unspecified atom stereocenters. The minimum Gasteiger partial charge on any atom is -0.383 e. The molecule has 5 rings (SSSR count). The fourth-order valence-corrected chi connectivity index (χ4v) is 5.23. The molecule has 36 heavy (non-hydrogen) atoms. The number of carbonyl (C=O) groups is 1. The molecule has 0 aliphatic carbocycles. The molecule has 3 heterocycles. The number of aromatic nitrogens is 1. The standard InChI is InChI=1S/C28H30F2N4O2/c1-34(2)15-19-11-17(3-4-20(19)16-6-9-36-10-7-16)21-13-24(27(31)33-26(21)30)23-12-18-5-8-32-28(35)22(18)14-25(23)29/h3-4,11-14,16H,5-10,15H2,1-2H3,(H2,31,33)(H,32,35). The molecule has 1 saturated heterocycles. The number of nitrogens with one attached hydrogen (secondary N) is 1. The van der Waals surface area contributed by atoms with Gasteiger partial charge in [0.25, 0.3) is 5.91 Å². The Labute approximate surface area is 209 Å². The van der Waals surface area contributed by atoms with Gasteiger partial charge in [0.15, 0.2) is 0 Å². The van der Waals surface area contributed by atoms with Gasteiger partial charge in [0.05, 0.1) is 0 Å². The molecule has 2 aromatic carbocycles. The lowest BCUT2D eigenvalue weighted by Gasteiger charge is -2.26. The number of rotatable bonds is 5. The number of halogens is 2. The number of hydrogen-bond acceptors (Lipinski definition) is 5. The van der Waals surface area contributed by atoms with E-state index < -0.39 is 11.8 Å². The number of pyridine rings is 1. The lowest BCUT2D eigenvalue weighted by Crippen LogP contribution is -2.32. The number of benzene rings is 2. The Hall–Kier alpha value is -3.36. The van der Waals surface area contributed by atoms with Crippen LogP contribution in [0.4, 0.5) is 14.6 Å². The summed E-state index contributed by atoms with van der Waals surface area (Å²) in [5, 5.41) is 2.72. The average Bonchev–Trinajstić information content (AvgIpc) is 2.85. The van der Waals surface area contributed by atoms with Crippen LogP contribution in [0.15, 0.2) is 36.4 Å². The molecule has 3 N–H and O–H groups in total. The first-order chi connectivity index (χ1) is 17.3. The van der Waals surface area contributed by atoms with E-state index in [1.54, 1.807) is 12.1 Å². The van der Waals surface area contributed by atoms with Crippen LogP contribution < -0.4 is 11.1 Å². The third-order valence-electron chi connectivity index (χ3n) is 7.01. The Bertz CT molecular complexity index is 1320. The summed E-state index contributed by atoms with van der Waals surface area (Å²) < 4.78 is 35.8. The third kappa shape index (κ3) is 4.70. The summed E-state index contributed by atoms with van der Waals surface area (Å²) in [6, 6.07) is 10.4. The fraction of sp³-hybridized carbons (Fsp3) is 0.357.